The molecule has 0 fully saturated rings. The summed E-state index contributed by atoms with van der Waals surface area (Å²) in [5, 5.41) is 19.1. The largest absolute Gasteiger partial charge is 0.264 e. The van der Waals surface area contributed by atoms with Gasteiger partial charge in [-0.15, -0.1) is 5.10 Å². The first kappa shape index (κ1) is 12.3. The zero-order valence-corrected chi connectivity index (χ0v) is 10.6. The van der Waals surface area contributed by atoms with Crippen LogP contribution >= 0.6 is 0 Å². The van der Waals surface area contributed by atoms with E-state index >= 15 is 0 Å². The fourth-order valence-electron chi connectivity index (χ4n) is 2.26. The van der Waals surface area contributed by atoms with Crippen molar-refractivity contribution in [3.8, 4) is 0 Å². The zero-order chi connectivity index (χ0) is 13.9. The highest BCUT2D eigenvalue weighted by Crippen LogP contribution is 2.22. The van der Waals surface area contributed by atoms with E-state index in [1.807, 2.05) is 54.6 Å². The van der Waals surface area contributed by atoms with E-state index in [2.05, 4.69) is 10.3 Å². The number of para-hydroxylation sites is 1. The van der Waals surface area contributed by atoms with E-state index in [0.29, 0.717) is 0 Å². The molecular weight excluding hydrogens is 256 g/mol. The number of hydrogen-bond acceptors (Lipinski definition) is 4. The molecule has 0 N–H and O–H groups in total. The molecule has 20 heavy (non-hydrogen) atoms. The van der Waals surface area contributed by atoms with Crippen molar-refractivity contribution < 1.29 is 4.92 Å². The molecule has 1 heterocycles. The predicted molar refractivity (Wildman–Crippen MR) is 74.0 cm³/mol. The van der Waals surface area contributed by atoms with Crippen molar-refractivity contribution in [2.45, 2.75) is 6.04 Å². The molecule has 0 bridgehead atoms. The van der Waals surface area contributed by atoms with E-state index in [1.54, 1.807) is 4.68 Å². The lowest BCUT2D eigenvalue weighted by Crippen LogP contribution is -2.21. The Labute approximate surface area is 114 Å². The van der Waals surface area contributed by atoms with E-state index in [0.717, 1.165) is 16.6 Å². The van der Waals surface area contributed by atoms with Gasteiger partial charge in [-0.1, -0.05) is 47.7 Å². The molecule has 6 heteroatoms. The molecule has 0 unspecified atom stereocenters. The molecule has 100 valence electrons. The number of nitrogens with zero attached hydrogens (tertiary/aromatic N) is 4. The Bertz CT molecular complexity index is 739. The molecule has 3 aromatic rings. The Morgan fingerprint density at radius 2 is 1.80 bits per heavy atom. The van der Waals surface area contributed by atoms with Gasteiger partial charge in [0.1, 0.15) is 11.6 Å². The summed E-state index contributed by atoms with van der Waals surface area (Å²) in [6, 6.07) is 16.3. The van der Waals surface area contributed by atoms with Crippen LogP contribution in [0.5, 0.6) is 0 Å². The second kappa shape index (κ2) is 5.08. The molecule has 3 rings (SSSR count). The summed E-state index contributed by atoms with van der Waals surface area (Å²) in [6.45, 7) is -0.225. The van der Waals surface area contributed by atoms with Crippen LogP contribution in [0.3, 0.4) is 0 Å². The average Bonchev–Trinajstić information content (AvgIpc) is 2.89. The van der Waals surface area contributed by atoms with Gasteiger partial charge in [0.2, 0.25) is 6.54 Å². The molecule has 1 aromatic heterocycles. The normalized spacial score (nSPS) is 12.4. The Morgan fingerprint density at radius 1 is 1.10 bits per heavy atom. The number of aromatic nitrogens is 3. The fraction of sp³-hybridized carbons (Fsp3) is 0.143. The van der Waals surface area contributed by atoms with Crippen LogP contribution in [0.1, 0.15) is 11.6 Å². The van der Waals surface area contributed by atoms with E-state index in [-0.39, 0.29) is 11.5 Å². The van der Waals surface area contributed by atoms with Crippen LogP contribution < -0.4 is 0 Å². The van der Waals surface area contributed by atoms with Gasteiger partial charge in [-0.3, -0.25) is 10.1 Å². The Hall–Kier alpha value is -2.76. The molecule has 0 aliphatic carbocycles. The minimum absolute atomic E-state index is 0.225. The third kappa shape index (κ3) is 2.23. The van der Waals surface area contributed by atoms with Crippen LogP contribution in [0, 0.1) is 10.1 Å². The Morgan fingerprint density at radius 3 is 2.55 bits per heavy atom. The minimum Gasteiger partial charge on any atom is -0.264 e. The molecule has 2 aromatic carbocycles. The summed E-state index contributed by atoms with van der Waals surface area (Å²) in [5.74, 6) is 0. The lowest BCUT2D eigenvalue weighted by molar-refractivity contribution is -0.484. The summed E-state index contributed by atoms with van der Waals surface area (Å²) >= 11 is 0. The van der Waals surface area contributed by atoms with Crippen LogP contribution in [0.2, 0.25) is 0 Å². The first-order chi connectivity index (χ1) is 9.75. The zero-order valence-electron chi connectivity index (χ0n) is 10.6. The molecule has 0 aliphatic rings. The summed E-state index contributed by atoms with van der Waals surface area (Å²) in [4.78, 5) is 10.6. The molecule has 0 radical (unpaired) electrons. The maximum Gasteiger partial charge on any atom is 0.230 e. The monoisotopic (exact) mass is 268 g/mol. The topological polar surface area (TPSA) is 73.8 Å². The average molecular weight is 268 g/mol. The minimum atomic E-state index is -0.460. The van der Waals surface area contributed by atoms with Crippen molar-refractivity contribution in [3.05, 3.63) is 70.3 Å². The molecule has 0 saturated heterocycles. The highest BCUT2D eigenvalue weighted by molar-refractivity contribution is 5.74. The first-order valence-electron chi connectivity index (χ1n) is 6.22. The molecule has 0 aliphatic heterocycles. The number of benzene rings is 2. The second-order valence-corrected chi connectivity index (χ2v) is 4.46. The van der Waals surface area contributed by atoms with Gasteiger partial charge in [-0.05, 0) is 17.7 Å². The molecular formula is C14H12N4O2. The first-order valence-corrected chi connectivity index (χ1v) is 6.22. The number of hydrogen-bond donors (Lipinski definition) is 0. The van der Waals surface area contributed by atoms with Crippen LogP contribution in [0.25, 0.3) is 11.0 Å². The predicted octanol–water partition coefficient (Wildman–Crippen LogP) is 2.30. The third-order valence-corrected chi connectivity index (χ3v) is 3.18. The number of nitro groups is 1. The smallest absolute Gasteiger partial charge is 0.230 e. The summed E-state index contributed by atoms with van der Waals surface area (Å²) < 4.78 is 1.62. The second-order valence-electron chi connectivity index (χ2n) is 4.46. The van der Waals surface area contributed by atoms with Gasteiger partial charge in [0, 0.05) is 4.92 Å². The van der Waals surface area contributed by atoms with Crippen molar-refractivity contribution in [1.82, 2.24) is 15.0 Å². The van der Waals surface area contributed by atoms with E-state index < -0.39 is 6.04 Å². The Kier molecular flexibility index (Phi) is 3.12. The lowest BCUT2D eigenvalue weighted by atomic mass is 10.1. The molecule has 1 atom stereocenters. The van der Waals surface area contributed by atoms with E-state index in [9.17, 15) is 10.1 Å². The van der Waals surface area contributed by atoms with Crippen molar-refractivity contribution in [3.63, 3.8) is 0 Å². The van der Waals surface area contributed by atoms with Gasteiger partial charge < -0.3 is 0 Å². The molecule has 0 saturated carbocycles. The quantitative estimate of drug-likeness (QED) is 0.537. The standard InChI is InChI=1S/C14H12N4O2/c19-17(20)10-14(11-6-2-1-3-7-11)18-13-9-5-4-8-12(13)15-16-18/h1-9,14H,10H2/t14-/m0/s1. The van der Waals surface area contributed by atoms with Gasteiger partial charge in [-0.2, -0.15) is 0 Å². The van der Waals surface area contributed by atoms with E-state index in [4.69, 9.17) is 0 Å². The molecule has 6 nitrogen and oxygen atoms in total. The van der Waals surface area contributed by atoms with Crippen LogP contribution in [0.15, 0.2) is 54.6 Å². The van der Waals surface area contributed by atoms with Crippen molar-refractivity contribution in [2.24, 2.45) is 0 Å². The third-order valence-electron chi connectivity index (χ3n) is 3.18. The number of rotatable bonds is 4. The van der Waals surface area contributed by atoms with Gasteiger partial charge in [0.15, 0.2) is 0 Å². The van der Waals surface area contributed by atoms with Crippen molar-refractivity contribution in [2.75, 3.05) is 6.54 Å². The van der Waals surface area contributed by atoms with Crippen molar-refractivity contribution in [1.29, 1.82) is 0 Å². The highest BCUT2D eigenvalue weighted by atomic mass is 16.6. The number of fused-ring (bicyclic) bond motifs is 1. The summed E-state index contributed by atoms with van der Waals surface area (Å²) in [6.07, 6.45) is 0. The summed E-state index contributed by atoms with van der Waals surface area (Å²) in [5.41, 5.74) is 2.37. The van der Waals surface area contributed by atoms with Gasteiger partial charge >= 0.3 is 0 Å². The maximum atomic E-state index is 11.0. The van der Waals surface area contributed by atoms with E-state index in [1.165, 1.54) is 0 Å². The van der Waals surface area contributed by atoms with Gasteiger partial charge in [0.05, 0.1) is 5.52 Å². The fourth-order valence-corrected chi connectivity index (χ4v) is 2.26. The van der Waals surface area contributed by atoms with Crippen LogP contribution in [-0.4, -0.2) is 26.5 Å². The van der Waals surface area contributed by atoms with Crippen LogP contribution in [0.4, 0.5) is 0 Å². The molecule has 0 amide bonds. The lowest BCUT2D eigenvalue weighted by Gasteiger charge is -2.14. The van der Waals surface area contributed by atoms with Gasteiger partial charge in [-0.25, -0.2) is 4.68 Å². The summed E-state index contributed by atoms with van der Waals surface area (Å²) in [7, 11) is 0. The van der Waals surface area contributed by atoms with Crippen molar-refractivity contribution >= 4 is 11.0 Å². The van der Waals surface area contributed by atoms with Crippen LogP contribution in [-0.2, 0) is 0 Å². The SMILES string of the molecule is O=[N+]([O-])C[C@@H](c1ccccc1)n1nnc2ccccc21. The molecule has 0 spiro atoms. The van der Waals surface area contributed by atoms with Gasteiger partial charge in [0.25, 0.3) is 0 Å². The highest BCUT2D eigenvalue weighted by Gasteiger charge is 2.22. The maximum absolute atomic E-state index is 11.0. The Balaban J connectivity index is 2.12.